The molecule has 0 amide bonds. The van der Waals surface area contributed by atoms with Crippen molar-refractivity contribution in [2.45, 2.75) is 43.7 Å². The Morgan fingerprint density at radius 2 is 1.95 bits per heavy atom. The molecule has 1 aromatic rings. The van der Waals surface area contributed by atoms with Crippen LogP contribution in [-0.2, 0) is 0 Å². The Hall–Kier alpha value is -1.39. The number of aromatic carboxylic acids is 1. The van der Waals surface area contributed by atoms with Crippen molar-refractivity contribution in [1.82, 2.24) is 5.32 Å². The number of hydrogen-bond acceptors (Lipinski definition) is 3. The first-order valence-corrected chi connectivity index (χ1v) is 7.39. The van der Waals surface area contributed by atoms with E-state index in [2.05, 4.69) is 5.32 Å². The number of piperidine rings is 1. The number of rotatable bonds is 2. The van der Waals surface area contributed by atoms with Gasteiger partial charge in [-0.3, -0.25) is 0 Å². The molecule has 3 N–H and O–H groups in total. The summed E-state index contributed by atoms with van der Waals surface area (Å²) in [7, 11) is 0. The van der Waals surface area contributed by atoms with Crippen LogP contribution in [0.25, 0.3) is 0 Å². The van der Waals surface area contributed by atoms with E-state index in [0.717, 1.165) is 37.8 Å². The third-order valence-electron chi connectivity index (χ3n) is 4.91. The van der Waals surface area contributed by atoms with Crippen LogP contribution in [-0.4, -0.2) is 28.3 Å². The molecule has 0 radical (unpaired) electrons. The summed E-state index contributed by atoms with van der Waals surface area (Å²) in [6, 6.07) is 7.19. The van der Waals surface area contributed by atoms with Crippen LogP contribution in [0.5, 0.6) is 0 Å². The van der Waals surface area contributed by atoms with Crippen molar-refractivity contribution in [3.8, 4) is 0 Å². The summed E-state index contributed by atoms with van der Waals surface area (Å²) in [6.07, 6.45) is 5.02. The van der Waals surface area contributed by atoms with Crippen LogP contribution >= 0.6 is 0 Å². The fraction of sp³-hybridized carbons (Fsp3) is 0.562. The fourth-order valence-electron chi connectivity index (χ4n) is 3.81. The van der Waals surface area contributed by atoms with Gasteiger partial charge in [0.25, 0.3) is 0 Å². The van der Waals surface area contributed by atoms with Crippen molar-refractivity contribution >= 4 is 5.97 Å². The minimum absolute atomic E-state index is 0.136. The van der Waals surface area contributed by atoms with E-state index in [-0.39, 0.29) is 12.0 Å². The highest BCUT2D eigenvalue weighted by Gasteiger charge is 2.45. The maximum Gasteiger partial charge on any atom is 0.335 e. The van der Waals surface area contributed by atoms with Crippen molar-refractivity contribution in [2.75, 3.05) is 6.54 Å². The molecule has 1 heterocycles. The van der Waals surface area contributed by atoms with Gasteiger partial charge >= 0.3 is 5.97 Å². The summed E-state index contributed by atoms with van der Waals surface area (Å²) in [6.45, 7) is 0.818. The lowest BCUT2D eigenvalue weighted by Gasteiger charge is -2.48. The number of carboxylic acid groups (broad SMARTS) is 1. The van der Waals surface area contributed by atoms with Gasteiger partial charge < -0.3 is 15.5 Å². The Bertz CT molecular complexity index is 495. The van der Waals surface area contributed by atoms with Crippen molar-refractivity contribution < 1.29 is 15.0 Å². The van der Waals surface area contributed by atoms with Crippen LogP contribution < -0.4 is 5.32 Å². The summed E-state index contributed by atoms with van der Waals surface area (Å²) < 4.78 is 0. The van der Waals surface area contributed by atoms with E-state index in [4.69, 9.17) is 5.11 Å². The lowest BCUT2D eigenvalue weighted by atomic mass is 9.67. The van der Waals surface area contributed by atoms with Crippen LogP contribution in [0.2, 0.25) is 0 Å². The molecule has 1 aliphatic carbocycles. The summed E-state index contributed by atoms with van der Waals surface area (Å²) >= 11 is 0. The molecule has 2 fully saturated rings. The van der Waals surface area contributed by atoms with Gasteiger partial charge in [-0.05, 0) is 43.5 Å². The Balaban J connectivity index is 1.86. The number of fused-ring (bicyclic) bond motifs is 1. The van der Waals surface area contributed by atoms with Gasteiger partial charge in [-0.15, -0.1) is 0 Å². The van der Waals surface area contributed by atoms with Gasteiger partial charge in [0.15, 0.2) is 0 Å². The Morgan fingerprint density at radius 3 is 2.65 bits per heavy atom. The van der Waals surface area contributed by atoms with Gasteiger partial charge in [-0.1, -0.05) is 25.0 Å². The first-order chi connectivity index (χ1) is 9.60. The molecule has 0 spiro atoms. The zero-order valence-corrected chi connectivity index (χ0v) is 11.5. The molecule has 0 unspecified atom stereocenters. The second kappa shape index (κ2) is 5.19. The Labute approximate surface area is 118 Å². The number of nitrogens with one attached hydrogen (secondary N) is 1. The average Bonchev–Trinajstić information content (AvgIpc) is 2.46. The first-order valence-electron chi connectivity index (χ1n) is 7.39. The largest absolute Gasteiger partial charge is 0.478 e. The number of carboxylic acids is 1. The highest BCUT2D eigenvalue weighted by molar-refractivity contribution is 5.87. The van der Waals surface area contributed by atoms with E-state index in [9.17, 15) is 9.90 Å². The lowest BCUT2D eigenvalue weighted by Crippen LogP contribution is -2.53. The maximum atomic E-state index is 10.9. The molecule has 108 valence electrons. The Morgan fingerprint density at radius 1 is 1.20 bits per heavy atom. The molecule has 0 aromatic heterocycles. The van der Waals surface area contributed by atoms with E-state index in [0.29, 0.717) is 5.56 Å². The molecule has 1 aliphatic heterocycles. The molecule has 1 aromatic carbocycles. The van der Waals surface area contributed by atoms with Crippen LogP contribution in [0.3, 0.4) is 0 Å². The molecule has 0 bridgehead atoms. The van der Waals surface area contributed by atoms with Crippen LogP contribution in [0, 0.1) is 5.92 Å². The van der Waals surface area contributed by atoms with Crippen molar-refractivity contribution in [3.05, 3.63) is 35.4 Å². The van der Waals surface area contributed by atoms with Crippen LogP contribution in [0.1, 0.15) is 54.1 Å². The predicted molar refractivity (Wildman–Crippen MR) is 75.7 cm³/mol. The van der Waals surface area contributed by atoms with E-state index in [1.807, 2.05) is 12.1 Å². The molecular formula is C16H21NO3. The van der Waals surface area contributed by atoms with Gasteiger partial charge in [-0.25, -0.2) is 4.79 Å². The molecular weight excluding hydrogens is 254 g/mol. The molecule has 20 heavy (non-hydrogen) atoms. The zero-order valence-electron chi connectivity index (χ0n) is 11.5. The van der Waals surface area contributed by atoms with Gasteiger partial charge in [0.05, 0.1) is 11.2 Å². The minimum Gasteiger partial charge on any atom is -0.478 e. The monoisotopic (exact) mass is 275 g/mol. The lowest BCUT2D eigenvalue weighted by molar-refractivity contribution is -0.0861. The van der Waals surface area contributed by atoms with E-state index in [1.54, 1.807) is 12.1 Å². The minimum atomic E-state index is -0.901. The van der Waals surface area contributed by atoms with Crippen molar-refractivity contribution in [3.63, 3.8) is 0 Å². The smallest absolute Gasteiger partial charge is 0.335 e. The van der Waals surface area contributed by atoms with E-state index in [1.165, 1.54) is 6.42 Å². The van der Waals surface area contributed by atoms with Gasteiger partial charge in [0.1, 0.15) is 0 Å². The summed E-state index contributed by atoms with van der Waals surface area (Å²) in [5, 5.41) is 23.3. The molecule has 4 heteroatoms. The second-order valence-electron chi connectivity index (χ2n) is 6.06. The molecule has 2 aliphatic rings. The van der Waals surface area contributed by atoms with Gasteiger partial charge in [0, 0.05) is 12.0 Å². The molecule has 1 saturated carbocycles. The SMILES string of the molecule is O=C(O)c1ccc([C@@H]2NCC[C@@]3(O)CCCC[C@@H]23)cc1. The van der Waals surface area contributed by atoms with Crippen LogP contribution in [0.15, 0.2) is 24.3 Å². The highest BCUT2D eigenvalue weighted by atomic mass is 16.4. The van der Waals surface area contributed by atoms with E-state index >= 15 is 0 Å². The first kappa shape index (κ1) is 13.6. The van der Waals surface area contributed by atoms with E-state index < -0.39 is 11.6 Å². The number of benzene rings is 1. The van der Waals surface area contributed by atoms with Crippen LogP contribution in [0.4, 0.5) is 0 Å². The van der Waals surface area contributed by atoms with Gasteiger partial charge in [0.2, 0.25) is 0 Å². The third kappa shape index (κ3) is 2.34. The van der Waals surface area contributed by atoms with Gasteiger partial charge in [-0.2, -0.15) is 0 Å². The molecule has 3 rings (SSSR count). The van der Waals surface area contributed by atoms with Crippen molar-refractivity contribution in [1.29, 1.82) is 0 Å². The molecule has 4 nitrogen and oxygen atoms in total. The predicted octanol–water partition coefficient (Wildman–Crippen LogP) is 2.34. The normalized spacial score (nSPS) is 33.5. The topological polar surface area (TPSA) is 69.6 Å². The number of carbonyl (C=O) groups is 1. The number of aliphatic hydroxyl groups is 1. The number of hydrogen-bond donors (Lipinski definition) is 3. The zero-order chi connectivity index (χ0) is 14.2. The molecule has 1 saturated heterocycles. The quantitative estimate of drug-likeness (QED) is 0.775. The summed E-state index contributed by atoms with van der Waals surface area (Å²) in [5.41, 5.74) is 0.850. The molecule has 3 atom stereocenters. The maximum absolute atomic E-state index is 10.9. The fourth-order valence-corrected chi connectivity index (χ4v) is 3.81. The second-order valence-corrected chi connectivity index (χ2v) is 6.06. The summed E-state index contributed by atoms with van der Waals surface area (Å²) in [4.78, 5) is 10.9. The Kier molecular flexibility index (Phi) is 3.52. The third-order valence-corrected chi connectivity index (χ3v) is 4.91. The summed E-state index contributed by atoms with van der Waals surface area (Å²) in [5.74, 6) is -0.664. The standard InChI is InChI=1S/C16H21NO3/c18-15(19)12-6-4-11(5-7-12)14-13-3-1-2-8-16(13,20)9-10-17-14/h4-7,13-14,17,20H,1-3,8-10H2,(H,18,19)/t13-,14-,16-/m0/s1. The average molecular weight is 275 g/mol. The highest BCUT2D eigenvalue weighted by Crippen LogP contribution is 2.45. The van der Waals surface area contributed by atoms with Crippen molar-refractivity contribution in [2.24, 2.45) is 5.92 Å².